The maximum atomic E-state index is 12.8. The van der Waals surface area contributed by atoms with E-state index in [0.29, 0.717) is 6.04 Å². The van der Waals surface area contributed by atoms with Crippen LogP contribution in [0.3, 0.4) is 0 Å². The Hall–Kier alpha value is -2.29. The average molecular weight is 334 g/mol. The van der Waals surface area contributed by atoms with Crippen LogP contribution in [0.4, 0.5) is 5.69 Å². The van der Waals surface area contributed by atoms with Gasteiger partial charge in [-0.2, -0.15) is 0 Å². The molecule has 0 aliphatic carbocycles. The van der Waals surface area contributed by atoms with Crippen LogP contribution in [0.15, 0.2) is 54.6 Å². The molecule has 1 saturated heterocycles. The lowest BCUT2D eigenvalue weighted by Crippen LogP contribution is -2.47. The predicted octanol–water partition coefficient (Wildman–Crippen LogP) is 3.84. The van der Waals surface area contributed by atoms with Crippen LogP contribution in [0.2, 0.25) is 0 Å². The lowest BCUT2D eigenvalue weighted by molar-refractivity contribution is -0.133. The largest absolute Gasteiger partial charge is 0.368 e. The summed E-state index contributed by atoms with van der Waals surface area (Å²) in [5, 5.41) is 0. The quantitative estimate of drug-likeness (QED) is 0.851. The van der Waals surface area contributed by atoms with Gasteiger partial charge in [0.1, 0.15) is 0 Å². The molecule has 0 spiro atoms. The first kappa shape index (κ1) is 16.2. The molecule has 4 rings (SSSR count). The van der Waals surface area contributed by atoms with Crippen LogP contribution in [-0.2, 0) is 11.2 Å². The summed E-state index contributed by atoms with van der Waals surface area (Å²) < 4.78 is 0. The number of anilines is 1. The van der Waals surface area contributed by atoms with Crippen molar-refractivity contribution in [2.24, 2.45) is 0 Å². The summed E-state index contributed by atoms with van der Waals surface area (Å²) in [4.78, 5) is 17.5. The Balaban J connectivity index is 1.38. The van der Waals surface area contributed by atoms with E-state index in [-0.39, 0.29) is 11.8 Å². The van der Waals surface area contributed by atoms with Gasteiger partial charge in [-0.25, -0.2) is 0 Å². The molecule has 1 amide bonds. The fourth-order valence-electron chi connectivity index (χ4n) is 4.30. The molecule has 1 fully saturated rings. The number of benzene rings is 2. The average Bonchev–Trinajstić information content (AvgIpc) is 3.12. The van der Waals surface area contributed by atoms with Crippen LogP contribution in [-0.4, -0.2) is 36.5 Å². The van der Waals surface area contributed by atoms with Crippen molar-refractivity contribution in [3.8, 4) is 0 Å². The van der Waals surface area contributed by atoms with Gasteiger partial charge in [-0.3, -0.25) is 4.79 Å². The zero-order valence-corrected chi connectivity index (χ0v) is 14.9. The third-order valence-corrected chi connectivity index (χ3v) is 5.81. The SMILES string of the molecule is CC(C(=O)N1CCC(N2CCc3ccccc32)CC1)c1ccccc1. The van der Waals surface area contributed by atoms with E-state index in [9.17, 15) is 4.79 Å². The van der Waals surface area contributed by atoms with Gasteiger partial charge in [-0.15, -0.1) is 0 Å². The molecule has 0 radical (unpaired) electrons. The van der Waals surface area contributed by atoms with Crippen LogP contribution in [0.1, 0.15) is 36.8 Å². The minimum atomic E-state index is -0.0507. The lowest BCUT2D eigenvalue weighted by atomic mass is 9.97. The van der Waals surface area contributed by atoms with E-state index < -0.39 is 0 Å². The van der Waals surface area contributed by atoms with E-state index in [1.54, 1.807) is 0 Å². The fraction of sp³-hybridized carbons (Fsp3) is 0.409. The van der Waals surface area contributed by atoms with Gasteiger partial charge in [0.25, 0.3) is 0 Å². The second-order valence-corrected chi connectivity index (χ2v) is 7.26. The van der Waals surface area contributed by atoms with Crippen molar-refractivity contribution in [1.82, 2.24) is 4.90 Å². The Labute approximate surface area is 150 Å². The van der Waals surface area contributed by atoms with E-state index >= 15 is 0 Å². The number of rotatable bonds is 3. The first-order chi connectivity index (χ1) is 12.2. The zero-order valence-electron chi connectivity index (χ0n) is 14.9. The molecule has 3 heteroatoms. The van der Waals surface area contributed by atoms with E-state index in [4.69, 9.17) is 0 Å². The summed E-state index contributed by atoms with van der Waals surface area (Å²) in [5.41, 5.74) is 3.99. The molecule has 2 aromatic carbocycles. The van der Waals surface area contributed by atoms with Crippen molar-refractivity contribution < 1.29 is 4.79 Å². The molecular weight excluding hydrogens is 308 g/mol. The molecule has 1 unspecified atom stereocenters. The van der Waals surface area contributed by atoms with Crippen LogP contribution < -0.4 is 4.90 Å². The minimum Gasteiger partial charge on any atom is -0.368 e. The predicted molar refractivity (Wildman–Crippen MR) is 102 cm³/mol. The highest BCUT2D eigenvalue weighted by Gasteiger charge is 2.31. The zero-order chi connectivity index (χ0) is 17.2. The third-order valence-electron chi connectivity index (χ3n) is 5.81. The van der Waals surface area contributed by atoms with Crippen molar-refractivity contribution >= 4 is 11.6 Å². The van der Waals surface area contributed by atoms with Crippen molar-refractivity contribution in [2.75, 3.05) is 24.5 Å². The van der Waals surface area contributed by atoms with Gasteiger partial charge in [-0.1, -0.05) is 48.5 Å². The van der Waals surface area contributed by atoms with E-state index in [0.717, 1.165) is 44.5 Å². The number of amides is 1. The normalized spacial score (nSPS) is 18.9. The molecule has 25 heavy (non-hydrogen) atoms. The topological polar surface area (TPSA) is 23.6 Å². The van der Waals surface area contributed by atoms with Crippen molar-refractivity contribution in [3.63, 3.8) is 0 Å². The van der Waals surface area contributed by atoms with Gasteiger partial charge in [0.15, 0.2) is 0 Å². The van der Waals surface area contributed by atoms with Crippen LogP contribution in [0.25, 0.3) is 0 Å². The Kier molecular flexibility index (Phi) is 4.48. The van der Waals surface area contributed by atoms with E-state index in [1.807, 2.05) is 25.1 Å². The van der Waals surface area contributed by atoms with Crippen molar-refractivity contribution in [2.45, 2.75) is 38.1 Å². The lowest BCUT2D eigenvalue weighted by Gasteiger charge is -2.39. The maximum Gasteiger partial charge on any atom is 0.229 e. The number of para-hydroxylation sites is 1. The fourth-order valence-corrected chi connectivity index (χ4v) is 4.30. The third kappa shape index (κ3) is 3.15. The first-order valence-corrected chi connectivity index (χ1v) is 9.42. The Bertz CT molecular complexity index is 735. The van der Waals surface area contributed by atoms with Gasteiger partial charge in [0.2, 0.25) is 5.91 Å². The molecule has 130 valence electrons. The number of carbonyl (C=O) groups is 1. The first-order valence-electron chi connectivity index (χ1n) is 9.42. The second-order valence-electron chi connectivity index (χ2n) is 7.26. The van der Waals surface area contributed by atoms with Gasteiger partial charge in [0, 0.05) is 31.4 Å². The summed E-state index contributed by atoms with van der Waals surface area (Å²) in [6.45, 7) is 4.90. The van der Waals surface area contributed by atoms with Crippen LogP contribution >= 0.6 is 0 Å². The van der Waals surface area contributed by atoms with Crippen LogP contribution in [0, 0.1) is 0 Å². The smallest absolute Gasteiger partial charge is 0.229 e. The van der Waals surface area contributed by atoms with Gasteiger partial charge < -0.3 is 9.80 Å². The Morgan fingerprint density at radius 1 is 0.960 bits per heavy atom. The molecule has 2 heterocycles. The molecule has 3 nitrogen and oxygen atoms in total. The Morgan fingerprint density at radius 3 is 2.40 bits per heavy atom. The summed E-state index contributed by atoms with van der Waals surface area (Å²) in [5.74, 6) is 0.219. The summed E-state index contributed by atoms with van der Waals surface area (Å²) >= 11 is 0. The summed E-state index contributed by atoms with van der Waals surface area (Å²) in [7, 11) is 0. The molecule has 0 bridgehead atoms. The highest BCUT2D eigenvalue weighted by atomic mass is 16.2. The molecule has 1 atom stereocenters. The number of fused-ring (bicyclic) bond motifs is 1. The highest BCUT2D eigenvalue weighted by molar-refractivity contribution is 5.83. The molecule has 2 aliphatic rings. The molecule has 0 N–H and O–H groups in total. The molecule has 2 aliphatic heterocycles. The number of hydrogen-bond acceptors (Lipinski definition) is 2. The molecule has 2 aromatic rings. The Morgan fingerprint density at radius 2 is 1.64 bits per heavy atom. The maximum absolute atomic E-state index is 12.8. The number of piperidine rings is 1. The number of carbonyl (C=O) groups excluding carboxylic acids is 1. The molecule has 0 aromatic heterocycles. The van der Waals surface area contributed by atoms with E-state index in [1.165, 1.54) is 11.3 Å². The van der Waals surface area contributed by atoms with Gasteiger partial charge in [-0.05, 0) is 43.4 Å². The van der Waals surface area contributed by atoms with Crippen LogP contribution in [0.5, 0.6) is 0 Å². The standard InChI is InChI=1S/C22H26N2O/c1-17(18-7-3-2-4-8-18)22(25)23-14-12-20(13-15-23)24-16-11-19-9-5-6-10-21(19)24/h2-10,17,20H,11-16H2,1H3. The number of nitrogens with zero attached hydrogens (tertiary/aromatic N) is 2. The van der Waals surface area contributed by atoms with Crippen molar-refractivity contribution in [1.29, 1.82) is 0 Å². The van der Waals surface area contributed by atoms with E-state index in [2.05, 4.69) is 46.2 Å². The van der Waals surface area contributed by atoms with Gasteiger partial charge >= 0.3 is 0 Å². The molecular formula is C22H26N2O. The second kappa shape index (κ2) is 6.91. The van der Waals surface area contributed by atoms with Gasteiger partial charge in [0.05, 0.1) is 5.92 Å². The summed E-state index contributed by atoms with van der Waals surface area (Å²) in [6, 6.07) is 19.5. The summed E-state index contributed by atoms with van der Waals surface area (Å²) in [6.07, 6.45) is 3.30. The number of hydrogen-bond donors (Lipinski definition) is 0. The highest BCUT2D eigenvalue weighted by Crippen LogP contribution is 2.32. The number of likely N-dealkylation sites (tertiary alicyclic amines) is 1. The van der Waals surface area contributed by atoms with Crippen molar-refractivity contribution in [3.05, 3.63) is 65.7 Å². The minimum absolute atomic E-state index is 0.0507. The molecule has 0 saturated carbocycles. The monoisotopic (exact) mass is 334 g/mol.